The quantitative estimate of drug-likeness (QED) is 0.819. The molecule has 1 unspecified atom stereocenters. The third-order valence-corrected chi connectivity index (χ3v) is 4.55. The maximum atomic E-state index is 12.5. The van der Waals surface area contributed by atoms with Gasteiger partial charge in [0, 0.05) is 12.2 Å². The molecule has 6 heteroatoms. The summed E-state index contributed by atoms with van der Waals surface area (Å²) in [5.74, 6) is 2.08. The molecule has 0 spiro atoms. The van der Waals surface area contributed by atoms with Crippen molar-refractivity contribution in [2.75, 3.05) is 25.5 Å². The minimum Gasteiger partial charge on any atom is -0.493 e. The smallest absolute Gasteiger partial charge is 0.231 e. The first kappa shape index (κ1) is 20.1. The van der Waals surface area contributed by atoms with Crippen LogP contribution in [0.5, 0.6) is 17.2 Å². The van der Waals surface area contributed by atoms with Crippen molar-refractivity contribution in [3.8, 4) is 17.2 Å². The number of hydrogen-bond acceptors (Lipinski definition) is 4. The number of hydrogen-bond donors (Lipinski definition) is 2. The van der Waals surface area contributed by atoms with Crippen LogP contribution < -0.4 is 20.1 Å². The molecule has 0 radical (unpaired) electrons. The summed E-state index contributed by atoms with van der Waals surface area (Å²) in [6, 6.07) is 14.9. The Balaban J connectivity index is 0.00000243. The summed E-state index contributed by atoms with van der Waals surface area (Å²) in [5, 5.41) is 6.30. The van der Waals surface area contributed by atoms with E-state index in [2.05, 4.69) is 10.6 Å². The third-order valence-electron chi connectivity index (χ3n) is 4.55. The molecular weight excluding hydrogens is 352 g/mol. The molecule has 1 aliphatic rings. The van der Waals surface area contributed by atoms with E-state index in [0.29, 0.717) is 23.8 Å². The van der Waals surface area contributed by atoms with E-state index < -0.39 is 0 Å². The molecule has 1 aliphatic heterocycles. The maximum Gasteiger partial charge on any atom is 0.231 e. The summed E-state index contributed by atoms with van der Waals surface area (Å²) in [6.07, 6.45) is 1.93. The van der Waals surface area contributed by atoms with Gasteiger partial charge in [0.15, 0.2) is 11.5 Å². The number of anilines is 1. The van der Waals surface area contributed by atoms with Crippen molar-refractivity contribution in [3.63, 3.8) is 0 Å². The first-order valence-electron chi connectivity index (χ1n) is 8.54. The van der Waals surface area contributed by atoms with Gasteiger partial charge in [-0.2, -0.15) is 0 Å². The number of ether oxygens (including phenoxy) is 2. The van der Waals surface area contributed by atoms with Crippen LogP contribution in [0.25, 0.3) is 0 Å². The van der Waals surface area contributed by atoms with Crippen molar-refractivity contribution in [2.24, 2.45) is 5.41 Å². The number of benzene rings is 2. The summed E-state index contributed by atoms with van der Waals surface area (Å²) in [6.45, 7) is 3.71. The summed E-state index contributed by atoms with van der Waals surface area (Å²) < 4.78 is 11.1. The lowest BCUT2D eigenvalue weighted by molar-refractivity contribution is -0.125. The van der Waals surface area contributed by atoms with Crippen LogP contribution in [0.15, 0.2) is 48.5 Å². The monoisotopic (exact) mass is 376 g/mol. The standard InChI is InChI=1S/C20H24N2O3.ClH/c1-20(12-5-13-21-14-20)19(23)22-15-8-10-16(11-9-15)25-18-7-4-3-6-17(18)24-2;/h3-4,6-11,21H,5,12-14H2,1-2H3,(H,22,23);1H. The number of carbonyl (C=O) groups excluding carboxylic acids is 1. The van der Waals surface area contributed by atoms with E-state index in [4.69, 9.17) is 9.47 Å². The Labute approximate surface area is 160 Å². The normalized spacial score (nSPS) is 19.2. The summed E-state index contributed by atoms with van der Waals surface area (Å²) in [7, 11) is 1.61. The van der Waals surface area contributed by atoms with Crippen LogP contribution in [-0.2, 0) is 4.79 Å². The van der Waals surface area contributed by atoms with Gasteiger partial charge in [0.1, 0.15) is 5.75 Å². The van der Waals surface area contributed by atoms with Gasteiger partial charge in [-0.3, -0.25) is 4.79 Å². The highest BCUT2D eigenvalue weighted by atomic mass is 35.5. The number of methoxy groups -OCH3 is 1. The Hall–Kier alpha value is -2.24. The highest BCUT2D eigenvalue weighted by Crippen LogP contribution is 2.32. The lowest BCUT2D eigenvalue weighted by Crippen LogP contribution is -2.46. The Morgan fingerprint density at radius 2 is 1.81 bits per heavy atom. The van der Waals surface area contributed by atoms with E-state index in [1.807, 2.05) is 55.5 Å². The molecule has 0 aromatic heterocycles. The van der Waals surface area contributed by atoms with E-state index in [1.165, 1.54) is 0 Å². The maximum absolute atomic E-state index is 12.5. The number of nitrogens with one attached hydrogen (secondary N) is 2. The van der Waals surface area contributed by atoms with E-state index >= 15 is 0 Å². The summed E-state index contributed by atoms with van der Waals surface area (Å²) >= 11 is 0. The molecular formula is C20H25ClN2O3. The average molecular weight is 377 g/mol. The van der Waals surface area contributed by atoms with Crippen LogP contribution in [0.1, 0.15) is 19.8 Å². The average Bonchev–Trinajstić information content (AvgIpc) is 2.64. The fraction of sp³-hybridized carbons (Fsp3) is 0.350. The Bertz CT molecular complexity index is 728. The minimum absolute atomic E-state index is 0. The number of para-hydroxylation sites is 2. The molecule has 2 aromatic rings. The molecule has 5 nitrogen and oxygen atoms in total. The second kappa shape index (κ2) is 8.92. The van der Waals surface area contributed by atoms with Crippen molar-refractivity contribution in [1.29, 1.82) is 0 Å². The Morgan fingerprint density at radius 1 is 1.12 bits per heavy atom. The first-order chi connectivity index (χ1) is 12.1. The zero-order valence-corrected chi connectivity index (χ0v) is 15.9. The topological polar surface area (TPSA) is 59.6 Å². The van der Waals surface area contributed by atoms with Crippen LogP contribution in [0.4, 0.5) is 5.69 Å². The molecule has 1 atom stereocenters. The molecule has 1 fully saturated rings. The molecule has 26 heavy (non-hydrogen) atoms. The fourth-order valence-corrected chi connectivity index (χ4v) is 2.97. The Kier molecular flexibility index (Phi) is 6.89. The lowest BCUT2D eigenvalue weighted by atomic mass is 9.82. The number of carbonyl (C=O) groups is 1. The number of amides is 1. The van der Waals surface area contributed by atoms with Crippen LogP contribution in [0, 0.1) is 5.41 Å². The Morgan fingerprint density at radius 3 is 2.42 bits per heavy atom. The fourth-order valence-electron chi connectivity index (χ4n) is 2.97. The highest BCUT2D eigenvalue weighted by Gasteiger charge is 2.34. The molecule has 2 aromatic carbocycles. The second-order valence-electron chi connectivity index (χ2n) is 6.57. The highest BCUT2D eigenvalue weighted by molar-refractivity contribution is 5.95. The molecule has 3 rings (SSSR count). The van der Waals surface area contributed by atoms with Crippen LogP contribution in [0.2, 0.25) is 0 Å². The van der Waals surface area contributed by atoms with E-state index in [0.717, 1.165) is 25.1 Å². The predicted octanol–water partition coefficient (Wildman–Crippen LogP) is 4.24. The van der Waals surface area contributed by atoms with Crippen LogP contribution in [-0.4, -0.2) is 26.1 Å². The summed E-state index contributed by atoms with van der Waals surface area (Å²) in [5.41, 5.74) is 0.411. The van der Waals surface area contributed by atoms with Gasteiger partial charge >= 0.3 is 0 Å². The van der Waals surface area contributed by atoms with Gasteiger partial charge in [-0.05, 0) is 62.7 Å². The van der Waals surface area contributed by atoms with E-state index in [-0.39, 0.29) is 23.7 Å². The van der Waals surface area contributed by atoms with Crippen molar-refractivity contribution in [1.82, 2.24) is 5.32 Å². The summed E-state index contributed by atoms with van der Waals surface area (Å²) in [4.78, 5) is 12.5. The number of halogens is 1. The van der Waals surface area contributed by atoms with E-state index in [9.17, 15) is 4.79 Å². The SMILES string of the molecule is COc1ccccc1Oc1ccc(NC(=O)C2(C)CCCNC2)cc1.Cl. The molecule has 2 N–H and O–H groups in total. The zero-order chi connectivity index (χ0) is 17.7. The minimum atomic E-state index is -0.356. The van der Waals surface area contributed by atoms with Gasteiger partial charge in [-0.1, -0.05) is 12.1 Å². The first-order valence-corrected chi connectivity index (χ1v) is 8.54. The predicted molar refractivity (Wildman–Crippen MR) is 106 cm³/mol. The van der Waals surface area contributed by atoms with Crippen molar-refractivity contribution >= 4 is 24.0 Å². The molecule has 0 bridgehead atoms. The zero-order valence-electron chi connectivity index (χ0n) is 15.1. The number of rotatable bonds is 5. The largest absolute Gasteiger partial charge is 0.493 e. The van der Waals surface area contributed by atoms with Crippen molar-refractivity contribution in [3.05, 3.63) is 48.5 Å². The van der Waals surface area contributed by atoms with Crippen molar-refractivity contribution in [2.45, 2.75) is 19.8 Å². The van der Waals surface area contributed by atoms with Gasteiger partial charge in [-0.25, -0.2) is 0 Å². The molecule has 1 amide bonds. The van der Waals surface area contributed by atoms with Gasteiger partial charge < -0.3 is 20.1 Å². The molecule has 1 saturated heterocycles. The third kappa shape index (κ3) is 4.68. The van der Waals surface area contributed by atoms with Gasteiger partial charge in [0.05, 0.1) is 12.5 Å². The van der Waals surface area contributed by atoms with Gasteiger partial charge in [0.25, 0.3) is 0 Å². The van der Waals surface area contributed by atoms with Gasteiger partial charge in [-0.15, -0.1) is 12.4 Å². The van der Waals surface area contributed by atoms with Crippen LogP contribution in [0.3, 0.4) is 0 Å². The van der Waals surface area contributed by atoms with E-state index in [1.54, 1.807) is 7.11 Å². The molecule has 1 heterocycles. The van der Waals surface area contributed by atoms with Crippen LogP contribution >= 0.6 is 12.4 Å². The van der Waals surface area contributed by atoms with Crippen molar-refractivity contribution < 1.29 is 14.3 Å². The second-order valence-corrected chi connectivity index (χ2v) is 6.57. The number of piperidine rings is 1. The molecule has 0 aliphatic carbocycles. The van der Waals surface area contributed by atoms with Gasteiger partial charge in [0.2, 0.25) is 5.91 Å². The lowest BCUT2D eigenvalue weighted by Gasteiger charge is -2.32. The molecule has 0 saturated carbocycles. The molecule has 140 valence electrons.